The van der Waals surface area contributed by atoms with Crippen molar-refractivity contribution in [3.05, 3.63) is 0 Å². The van der Waals surface area contributed by atoms with Crippen molar-refractivity contribution in [2.75, 3.05) is 66.4 Å². The molecule has 1 atom stereocenters. The van der Waals surface area contributed by atoms with Crippen molar-refractivity contribution < 1.29 is 18.9 Å². The maximum Gasteiger partial charge on any atom is 0.0704 e. The molecule has 0 aliphatic heterocycles. The van der Waals surface area contributed by atoms with Crippen molar-refractivity contribution in [1.82, 2.24) is 4.90 Å². The first-order chi connectivity index (χ1) is 21.8. The van der Waals surface area contributed by atoms with Gasteiger partial charge in [-0.05, 0) is 58.0 Å². The Kier molecular flexibility index (Phi) is 38.8. The highest BCUT2D eigenvalue weighted by molar-refractivity contribution is 4.68. The SMILES string of the molecule is CCCCCCCOCCCCCCCN(CCCCCCCOCCCCCCC)CC(CCCCCC)OCCOC. The Morgan fingerprint density at radius 2 is 0.795 bits per heavy atom. The van der Waals surface area contributed by atoms with E-state index in [4.69, 9.17) is 18.9 Å². The van der Waals surface area contributed by atoms with Crippen LogP contribution in [0.1, 0.15) is 181 Å². The molecule has 0 aromatic heterocycles. The van der Waals surface area contributed by atoms with E-state index in [9.17, 15) is 0 Å². The number of unbranched alkanes of at least 4 members (excludes halogenated alkanes) is 19. The summed E-state index contributed by atoms with van der Waals surface area (Å²) in [6.07, 6.45) is 32.9. The van der Waals surface area contributed by atoms with Crippen LogP contribution in [-0.4, -0.2) is 77.4 Å². The molecule has 0 fully saturated rings. The Morgan fingerprint density at radius 1 is 0.409 bits per heavy atom. The first-order valence-electron chi connectivity index (χ1n) is 19.8. The van der Waals surface area contributed by atoms with Gasteiger partial charge < -0.3 is 23.8 Å². The zero-order valence-electron chi connectivity index (χ0n) is 30.7. The Bertz CT molecular complexity index is 477. The molecule has 0 amide bonds. The highest BCUT2D eigenvalue weighted by Crippen LogP contribution is 2.14. The topological polar surface area (TPSA) is 40.2 Å². The van der Waals surface area contributed by atoms with Crippen molar-refractivity contribution in [1.29, 1.82) is 0 Å². The maximum absolute atomic E-state index is 6.34. The zero-order chi connectivity index (χ0) is 32.0. The zero-order valence-corrected chi connectivity index (χ0v) is 30.7. The minimum Gasteiger partial charge on any atom is -0.382 e. The highest BCUT2D eigenvalue weighted by atomic mass is 16.5. The van der Waals surface area contributed by atoms with Crippen LogP contribution in [0.3, 0.4) is 0 Å². The second-order valence-corrected chi connectivity index (χ2v) is 13.2. The molecule has 44 heavy (non-hydrogen) atoms. The summed E-state index contributed by atoms with van der Waals surface area (Å²) in [5.74, 6) is 0. The largest absolute Gasteiger partial charge is 0.382 e. The number of methoxy groups -OCH3 is 1. The van der Waals surface area contributed by atoms with Crippen molar-refractivity contribution in [2.24, 2.45) is 0 Å². The number of hydrogen-bond acceptors (Lipinski definition) is 5. The van der Waals surface area contributed by atoms with E-state index in [-0.39, 0.29) is 0 Å². The van der Waals surface area contributed by atoms with Crippen molar-refractivity contribution in [3.63, 3.8) is 0 Å². The lowest BCUT2D eigenvalue weighted by atomic mass is 10.1. The molecule has 0 spiro atoms. The number of rotatable bonds is 39. The van der Waals surface area contributed by atoms with E-state index >= 15 is 0 Å². The summed E-state index contributed by atoms with van der Waals surface area (Å²) in [6.45, 7) is 15.5. The quantitative estimate of drug-likeness (QED) is 0.0634. The smallest absolute Gasteiger partial charge is 0.0704 e. The molecule has 5 heteroatoms. The van der Waals surface area contributed by atoms with Gasteiger partial charge in [0.1, 0.15) is 0 Å². The third kappa shape index (κ3) is 34.7. The monoisotopic (exact) mass is 628 g/mol. The Morgan fingerprint density at radius 3 is 1.23 bits per heavy atom. The second kappa shape index (κ2) is 39.0. The van der Waals surface area contributed by atoms with Gasteiger partial charge in [-0.2, -0.15) is 0 Å². The summed E-state index contributed by atoms with van der Waals surface area (Å²) in [5, 5.41) is 0. The first kappa shape index (κ1) is 43.8. The van der Waals surface area contributed by atoms with Gasteiger partial charge >= 0.3 is 0 Å². The molecule has 0 bridgehead atoms. The Labute approximate surface area is 277 Å². The average Bonchev–Trinajstić information content (AvgIpc) is 3.03. The van der Waals surface area contributed by atoms with Gasteiger partial charge in [-0.3, -0.25) is 0 Å². The molecule has 0 aliphatic carbocycles. The minimum atomic E-state index is 0.334. The number of ether oxygens (including phenoxy) is 4. The summed E-state index contributed by atoms with van der Waals surface area (Å²) < 4.78 is 23.4. The molecule has 0 saturated carbocycles. The number of nitrogens with zero attached hydrogens (tertiary/aromatic N) is 1. The van der Waals surface area contributed by atoms with Crippen LogP contribution in [0.15, 0.2) is 0 Å². The summed E-state index contributed by atoms with van der Waals surface area (Å²) in [6, 6.07) is 0. The third-order valence-electron chi connectivity index (χ3n) is 8.79. The molecular weight excluding hydrogens is 546 g/mol. The summed E-state index contributed by atoms with van der Waals surface area (Å²) in [7, 11) is 1.77. The third-order valence-corrected chi connectivity index (χ3v) is 8.79. The van der Waals surface area contributed by atoms with Crippen LogP contribution in [-0.2, 0) is 18.9 Å². The molecule has 0 saturated heterocycles. The maximum atomic E-state index is 6.34. The minimum absolute atomic E-state index is 0.334. The molecule has 0 aliphatic rings. The highest BCUT2D eigenvalue weighted by Gasteiger charge is 2.15. The van der Waals surface area contributed by atoms with E-state index in [2.05, 4.69) is 25.7 Å². The molecule has 0 heterocycles. The average molecular weight is 628 g/mol. The van der Waals surface area contributed by atoms with E-state index < -0.39 is 0 Å². The first-order valence-corrected chi connectivity index (χ1v) is 19.8. The molecule has 0 N–H and O–H groups in total. The fourth-order valence-electron chi connectivity index (χ4n) is 5.87. The predicted octanol–water partition coefficient (Wildman–Crippen LogP) is 11.2. The molecule has 0 rings (SSSR count). The Hall–Kier alpha value is -0.200. The Balaban J connectivity index is 4.28. The second-order valence-electron chi connectivity index (χ2n) is 13.2. The van der Waals surface area contributed by atoms with Gasteiger partial charge in [-0.15, -0.1) is 0 Å². The van der Waals surface area contributed by atoms with Crippen LogP contribution in [0.4, 0.5) is 0 Å². The molecule has 0 aromatic rings. The lowest BCUT2D eigenvalue weighted by Gasteiger charge is -2.28. The van der Waals surface area contributed by atoms with E-state index in [1.165, 1.54) is 174 Å². The molecule has 1 unspecified atom stereocenters. The van der Waals surface area contributed by atoms with E-state index in [1.54, 1.807) is 7.11 Å². The van der Waals surface area contributed by atoms with Crippen molar-refractivity contribution in [2.45, 2.75) is 187 Å². The molecular formula is C39H81NO4. The van der Waals surface area contributed by atoms with Crippen molar-refractivity contribution in [3.8, 4) is 0 Å². The number of hydrogen-bond donors (Lipinski definition) is 0. The van der Waals surface area contributed by atoms with Gasteiger partial charge in [0.15, 0.2) is 0 Å². The van der Waals surface area contributed by atoms with Crippen LogP contribution in [0.5, 0.6) is 0 Å². The van der Waals surface area contributed by atoms with Crippen molar-refractivity contribution >= 4 is 0 Å². The normalized spacial score (nSPS) is 12.5. The van der Waals surface area contributed by atoms with Crippen LogP contribution in [0.25, 0.3) is 0 Å². The van der Waals surface area contributed by atoms with E-state index in [0.29, 0.717) is 19.3 Å². The van der Waals surface area contributed by atoms with E-state index in [0.717, 1.165) is 33.0 Å². The van der Waals surface area contributed by atoms with Gasteiger partial charge in [-0.1, -0.05) is 136 Å². The van der Waals surface area contributed by atoms with Gasteiger partial charge in [0.05, 0.1) is 19.3 Å². The summed E-state index contributed by atoms with van der Waals surface area (Å²) in [5.41, 5.74) is 0. The van der Waals surface area contributed by atoms with E-state index in [1.807, 2.05) is 0 Å². The summed E-state index contributed by atoms with van der Waals surface area (Å²) >= 11 is 0. The van der Waals surface area contributed by atoms with Gasteiger partial charge in [0.2, 0.25) is 0 Å². The van der Waals surface area contributed by atoms with Gasteiger partial charge in [0, 0.05) is 40.1 Å². The van der Waals surface area contributed by atoms with Crippen LogP contribution < -0.4 is 0 Å². The van der Waals surface area contributed by atoms with Crippen LogP contribution >= 0.6 is 0 Å². The van der Waals surface area contributed by atoms with Gasteiger partial charge in [0.25, 0.3) is 0 Å². The molecule has 0 radical (unpaired) electrons. The standard InChI is InChI=1S/C39H81NO4/c1-5-8-11-18-25-32-42-34-27-20-14-16-23-30-40(38-39(44-37-36-41-4)29-22-13-10-7-3)31-24-17-15-21-28-35-43-33-26-19-12-9-6-2/h39H,5-38H2,1-4H3. The van der Waals surface area contributed by atoms with Crippen LogP contribution in [0.2, 0.25) is 0 Å². The molecule has 266 valence electrons. The van der Waals surface area contributed by atoms with Crippen LogP contribution in [0, 0.1) is 0 Å². The molecule has 0 aromatic carbocycles. The van der Waals surface area contributed by atoms with Gasteiger partial charge in [-0.25, -0.2) is 0 Å². The lowest BCUT2D eigenvalue weighted by molar-refractivity contribution is -0.00629. The molecule has 5 nitrogen and oxygen atoms in total. The summed E-state index contributed by atoms with van der Waals surface area (Å²) in [4.78, 5) is 2.72. The fourth-order valence-corrected chi connectivity index (χ4v) is 5.87. The lowest BCUT2D eigenvalue weighted by Crippen LogP contribution is -2.36. The fraction of sp³-hybridized carbons (Fsp3) is 1.00. The predicted molar refractivity (Wildman–Crippen MR) is 192 cm³/mol.